The van der Waals surface area contributed by atoms with Crippen LogP contribution in [-0.2, 0) is 15.9 Å². The molecule has 102 valence electrons. The first-order chi connectivity index (χ1) is 9.22. The van der Waals surface area contributed by atoms with Crippen molar-refractivity contribution in [3.8, 4) is 0 Å². The van der Waals surface area contributed by atoms with Gasteiger partial charge in [-0.25, -0.2) is 4.79 Å². The monoisotopic (exact) mass is 263 g/mol. The van der Waals surface area contributed by atoms with Gasteiger partial charge in [-0.05, 0) is 5.56 Å². The van der Waals surface area contributed by atoms with Gasteiger partial charge >= 0.3 is 6.09 Å². The summed E-state index contributed by atoms with van der Waals surface area (Å²) in [6.45, 7) is 1.35. The van der Waals surface area contributed by atoms with E-state index < -0.39 is 6.09 Å². The van der Waals surface area contributed by atoms with Gasteiger partial charge in [0.15, 0.2) is 0 Å². The largest absolute Gasteiger partial charge is 0.465 e. The molecule has 1 amide bonds. The second kappa shape index (κ2) is 5.19. The summed E-state index contributed by atoms with van der Waals surface area (Å²) in [5, 5.41) is 8.98. The summed E-state index contributed by atoms with van der Waals surface area (Å²) in [4.78, 5) is 12.3. The van der Waals surface area contributed by atoms with Crippen molar-refractivity contribution in [2.24, 2.45) is 0 Å². The predicted molar refractivity (Wildman–Crippen MR) is 68.1 cm³/mol. The third-order valence-electron chi connectivity index (χ3n) is 3.66. The topological polar surface area (TPSA) is 59.0 Å². The second-order valence-electron chi connectivity index (χ2n) is 5.05. The number of rotatable bonds is 2. The summed E-state index contributed by atoms with van der Waals surface area (Å²) >= 11 is 0. The van der Waals surface area contributed by atoms with Gasteiger partial charge in [0.2, 0.25) is 0 Å². The summed E-state index contributed by atoms with van der Waals surface area (Å²) in [5.74, 6) is 0. The lowest BCUT2D eigenvalue weighted by Gasteiger charge is -2.31. The van der Waals surface area contributed by atoms with Crippen molar-refractivity contribution >= 4 is 6.09 Å². The first kappa shape index (κ1) is 12.4. The number of carbonyl (C=O) groups is 1. The standard InChI is InChI=1S/C14H17NO4/c16-14(17)15-7-12-13(8-15)19-11(9-18-12)6-10-4-2-1-3-5-10/h1-5,11-13H,6-9H2,(H,16,17)/t11?,12-,13+/m1/s1. The molecule has 2 heterocycles. The Morgan fingerprint density at radius 3 is 2.74 bits per heavy atom. The van der Waals surface area contributed by atoms with Crippen LogP contribution < -0.4 is 0 Å². The quantitative estimate of drug-likeness (QED) is 0.875. The maximum absolute atomic E-state index is 10.9. The lowest BCUT2D eigenvalue weighted by molar-refractivity contribution is -0.159. The molecule has 5 heteroatoms. The second-order valence-corrected chi connectivity index (χ2v) is 5.05. The highest BCUT2D eigenvalue weighted by Gasteiger charge is 2.41. The van der Waals surface area contributed by atoms with Gasteiger partial charge in [0.1, 0.15) is 12.2 Å². The zero-order valence-electron chi connectivity index (χ0n) is 10.6. The lowest BCUT2D eigenvalue weighted by Crippen LogP contribution is -2.43. The smallest absolute Gasteiger partial charge is 0.407 e. The molecule has 5 nitrogen and oxygen atoms in total. The molecule has 1 unspecified atom stereocenters. The van der Waals surface area contributed by atoms with Crippen LogP contribution in [0.4, 0.5) is 4.79 Å². The highest BCUT2D eigenvalue weighted by atomic mass is 16.6. The van der Waals surface area contributed by atoms with E-state index >= 15 is 0 Å². The van der Waals surface area contributed by atoms with Gasteiger partial charge in [-0.3, -0.25) is 0 Å². The number of benzene rings is 1. The van der Waals surface area contributed by atoms with E-state index in [9.17, 15) is 4.79 Å². The van der Waals surface area contributed by atoms with Gasteiger partial charge in [0.05, 0.1) is 25.8 Å². The predicted octanol–water partition coefficient (Wildman–Crippen LogP) is 1.38. The normalized spacial score (nSPS) is 30.1. The van der Waals surface area contributed by atoms with Crippen LogP contribution in [0, 0.1) is 0 Å². The van der Waals surface area contributed by atoms with Crippen LogP contribution in [0.2, 0.25) is 0 Å². The molecular weight excluding hydrogens is 246 g/mol. The Hall–Kier alpha value is -1.59. The van der Waals surface area contributed by atoms with Crippen molar-refractivity contribution in [1.82, 2.24) is 4.90 Å². The summed E-state index contributed by atoms with van der Waals surface area (Å²) in [6.07, 6.45) is -0.322. The molecule has 1 aromatic rings. The third kappa shape index (κ3) is 2.72. The molecule has 0 aliphatic carbocycles. The molecule has 3 atom stereocenters. The Labute approximate surface area is 111 Å². The Balaban J connectivity index is 1.59. The van der Waals surface area contributed by atoms with Gasteiger partial charge < -0.3 is 19.5 Å². The fourth-order valence-corrected chi connectivity index (χ4v) is 2.69. The van der Waals surface area contributed by atoms with Crippen LogP contribution in [0.25, 0.3) is 0 Å². The number of amides is 1. The Bertz CT molecular complexity index is 450. The number of likely N-dealkylation sites (tertiary alicyclic amines) is 1. The van der Waals surface area contributed by atoms with Gasteiger partial charge in [-0.2, -0.15) is 0 Å². The molecule has 0 aromatic heterocycles. The minimum atomic E-state index is -0.902. The number of hydrogen-bond donors (Lipinski definition) is 1. The van der Waals surface area contributed by atoms with Crippen LogP contribution in [0.1, 0.15) is 5.56 Å². The van der Waals surface area contributed by atoms with Gasteiger partial charge in [-0.1, -0.05) is 30.3 Å². The van der Waals surface area contributed by atoms with Crippen LogP contribution in [0.5, 0.6) is 0 Å². The SMILES string of the molecule is O=C(O)N1C[C@@H]2OC(Cc3ccccc3)CO[C@@H]2C1. The average Bonchev–Trinajstić information content (AvgIpc) is 2.83. The van der Waals surface area contributed by atoms with Crippen molar-refractivity contribution in [2.75, 3.05) is 19.7 Å². The maximum atomic E-state index is 10.9. The van der Waals surface area contributed by atoms with E-state index in [0.29, 0.717) is 19.7 Å². The van der Waals surface area contributed by atoms with Gasteiger partial charge in [0.25, 0.3) is 0 Å². The molecule has 0 saturated carbocycles. The zero-order valence-corrected chi connectivity index (χ0v) is 10.6. The van der Waals surface area contributed by atoms with Crippen molar-refractivity contribution < 1.29 is 19.4 Å². The molecule has 1 aromatic carbocycles. The van der Waals surface area contributed by atoms with E-state index in [2.05, 4.69) is 12.1 Å². The molecule has 2 aliphatic heterocycles. The van der Waals surface area contributed by atoms with Crippen molar-refractivity contribution in [2.45, 2.75) is 24.7 Å². The molecular formula is C14H17NO4. The van der Waals surface area contributed by atoms with Crippen LogP contribution in [0.3, 0.4) is 0 Å². The number of carboxylic acid groups (broad SMARTS) is 1. The van der Waals surface area contributed by atoms with Crippen molar-refractivity contribution in [1.29, 1.82) is 0 Å². The van der Waals surface area contributed by atoms with Crippen LogP contribution in [-0.4, -0.2) is 54.1 Å². The van der Waals surface area contributed by atoms with E-state index in [0.717, 1.165) is 6.42 Å². The van der Waals surface area contributed by atoms with E-state index in [1.807, 2.05) is 18.2 Å². The minimum absolute atomic E-state index is 0.0115. The van der Waals surface area contributed by atoms with E-state index in [4.69, 9.17) is 14.6 Å². The molecule has 0 spiro atoms. The fraction of sp³-hybridized carbons (Fsp3) is 0.500. The summed E-state index contributed by atoms with van der Waals surface area (Å²) in [5.41, 5.74) is 1.21. The van der Waals surface area contributed by atoms with Crippen LogP contribution >= 0.6 is 0 Å². The molecule has 2 aliphatic rings. The lowest BCUT2D eigenvalue weighted by atomic mass is 10.1. The van der Waals surface area contributed by atoms with Gasteiger partial charge in [0, 0.05) is 6.42 Å². The molecule has 0 radical (unpaired) electrons. The molecule has 2 saturated heterocycles. The number of fused-ring (bicyclic) bond motifs is 1. The minimum Gasteiger partial charge on any atom is -0.465 e. The molecule has 0 bridgehead atoms. The summed E-state index contributed by atoms with van der Waals surface area (Å²) in [7, 11) is 0. The number of nitrogens with zero attached hydrogens (tertiary/aromatic N) is 1. The van der Waals surface area contributed by atoms with Crippen molar-refractivity contribution in [3.63, 3.8) is 0 Å². The van der Waals surface area contributed by atoms with E-state index in [-0.39, 0.29) is 18.3 Å². The molecule has 2 fully saturated rings. The summed E-state index contributed by atoms with van der Waals surface area (Å²) in [6, 6.07) is 10.1. The molecule has 19 heavy (non-hydrogen) atoms. The number of ether oxygens (including phenoxy) is 2. The van der Waals surface area contributed by atoms with E-state index in [1.54, 1.807) is 0 Å². The first-order valence-corrected chi connectivity index (χ1v) is 6.51. The molecule has 1 N–H and O–H groups in total. The average molecular weight is 263 g/mol. The molecule has 3 rings (SSSR count). The fourth-order valence-electron chi connectivity index (χ4n) is 2.69. The van der Waals surface area contributed by atoms with Crippen LogP contribution in [0.15, 0.2) is 30.3 Å². The zero-order chi connectivity index (χ0) is 13.2. The first-order valence-electron chi connectivity index (χ1n) is 6.51. The number of hydrogen-bond acceptors (Lipinski definition) is 3. The van der Waals surface area contributed by atoms with Crippen molar-refractivity contribution in [3.05, 3.63) is 35.9 Å². The Morgan fingerprint density at radius 1 is 1.26 bits per heavy atom. The summed E-state index contributed by atoms with van der Waals surface area (Å²) < 4.78 is 11.7. The highest BCUT2D eigenvalue weighted by molar-refractivity contribution is 5.65. The Kier molecular flexibility index (Phi) is 3.40. The van der Waals surface area contributed by atoms with E-state index in [1.165, 1.54) is 10.5 Å². The maximum Gasteiger partial charge on any atom is 0.407 e. The third-order valence-corrected chi connectivity index (χ3v) is 3.66. The van der Waals surface area contributed by atoms with Gasteiger partial charge in [-0.15, -0.1) is 0 Å². The Morgan fingerprint density at radius 2 is 2.00 bits per heavy atom. The highest BCUT2D eigenvalue weighted by Crippen LogP contribution is 2.24.